The van der Waals surface area contributed by atoms with Crippen molar-refractivity contribution in [1.29, 1.82) is 0 Å². The molecule has 0 amide bonds. The molecule has 1 fully saturated rings. The molecule has 1 aliphatic heterocycles. The fourth-order valence-electron chi connectivity index (χ4n) is 1.99. The van der Waals surface area contributed by atoms with E-state index in [2.05, 4.69) is 0 Å². The maximum Gasteiger partial charge on any atom is 0.338 e. The zero-order chi connectivity index (χ0) is 13.0. The molecule has 2 rings (SSSR count). The van der Waals surface area contributed by atoms with E-state index in [1.54, 1.807) is 18.2 Å². The summed E-state index contributed by atoms with van der Waals surface area (Å²) in [5, 5.41) is 0. The van der Waals surface area contributed by atoms with Gasteiger partial charge in [0, 0.05) is 12.3 Å². The molecule has 4 heteroatoms. The smallest absolute Gasteiger partial charge is 0.338 e. The standard InChI is InChI=1S/C14H19NO3/c1-10-8-11(5-6-13(10)15)14(16)18-9-12-4-2-3-7-17-12/h5-6,8,12H,2-4,7,9,15H2,1H3. The maximum absolute atomic E-state index is 11.8. The SMILES string of the molecule is Cc1cc(C(=O)OCC2CCCCO2)ccc1N. The molecule has 1 atom stereocenters. The summed E-state index contributed by atoms with van der Waals surface area (Å²) in [6, 6.07) is 5.16. The van der Waals surface area contributed by atoms with Gasteiger partial charge >= 0.3 is 5.97 Å². The summed E-state index contributed by atoms with van der Waals surface area (Å²) in [4.78, 5) is 11.8. The highest BCUT2D eigenvalue weighted by molar-refractivity contribution is 5.90. The van der Waals surface area contributed by atoms with Crippen LogP contribution in [0.25, 0.3) is 0 Å². The quantitative estimate of drug-likeness (QED) is 0.659. The molecule has 0 spiro atoms. The summed E-state index contributed by atoms with van der Waals surface area (Å²) < 4.78 is 10.8. The van der Waals surface area contributed by atoms with Gasteiger partial charge in [-0.2, -0.15) is 0 Å². The molecule has 1 heterocycles. The van der Waals surface area contributed by atoms with E-state index in [1.807, 2.05) is 6.92 Å². The number of hydrogen-bond acceptors (Lipinski definition) is 4. The summed E-state index contributed by atoms with van der Waals surface area (Å²) >= 11 is 0. The third kappa shape index (κ3) is 3.23. The molecule has 4 nitrogen and oxygen atoms in total. The predicted octanol–water partition coefficient (Wildman–Crippen LogP) is 2.30. The molecule has 1 saturated heterocycles. The molecule has 98 valence electrons. The van der Waals surface area contributed by atoms with E-state index in [-0.39, 0.29) is 12.1 Å². The number of ether oxygens (including phenoxy) is 2. The first-order valence-electron chi connectivity index (χ1n) is 6.31. The molecule has 0 bridgehead atoms. The number of nitrogens with two attached hydrogens (primary N) is 1. The number of esters is 1. The van der Waals surface area contributed by atoms with Crippen molar-refractivity contribution in [1.82, 2.24) is 0 Å². The van der Waals surface area contributed by atoms with Gasteiger partial charge in [-0.1, -0.05) is 0 Å². The average molecular weight is 249 g/mol. The lowest BCUT2D eigenvalue weighted by Crippen LogP contribution is -2.26. The van der Waals surface area contributed by atoms with E-state index < -0.39 is 0 Å². The molecule has 1 aromatic carbocycles. The second-order valence-electron chi connectivity index (χ2n) is 4.66. The van der Waals surface area contributed by atoms with Crippen LogP contribution in [0.2, 0.25) is 0 Å². The van der Waals surface area contributed by atoms with Crippen LogP contribution in [0.5, 0.6) is 0 Å². The normalized spacial score (nSPS) is 19.5. The molecule has 1 unspecified atom stereocenters. The van der Waals surface area contributed by atoms with Gasteiger partial charge in [-0.05, 0) is 49.9 Å². The first kappa shape index (κ1) is 12.9. The summed E-state index contributed by atoms with van der Waals surface area (Å²) in [5.41, 5.74) is 7.82. The Morgan fingerprint density at radius 2 is 2.33 bits per heavy atom. The third-order valence-corrected chi connectivity index (χ3v) is 3.18. The number of aryl methyl sites for hydroxylation is 1. The van der Waals surface area contributed by atoms with Crippen molar-refractivity contribution >= 4 is 11.7 Å². The van der Waals surface area contributed by atoms with Crippen molar-refractivity contribution in [3.63, 3.8) is 0 Å². The summed E-state index contributed by atoms with van der Waals surface area (Å²) in [6.45, 7) is 2.97. The van der Waals surface area contributed by atoms with Crippen LogP contribution in [-0.2, 0) is 9.47 Å². The van der Waals surface area contributed by atoms with Crippen LogP contribution in [0.4, 0.5) is 5.69 Å². The molecule has 1 aliphatic rings. The molecule has 0 aliphatic carbocycles. The molecule has 0 radical (unpaired) electrons. The van der Waals surface area contributed by atoms with E-state index in [1.165, 1.54) is 0 Å². The van der Waals surface area contributed by atoms with Crippen LogP contribution in [-0.4, -0.2) is 25.3 Å². The number of nitrogen functional groups attached to an aromatic ring is 1. The van der Waals surface area contributed by atoms with E-state index in [4.69, 9.17) is 15.2 Å². The van der Waals surface area contributed by atoms with Crippen LogP contribution in [0.3, 0.4) is 0 Å². The summed E-state index contributed by atoms with van der Waals surface area (Å²) in [6.07, 6.45) is 3.26. The number of rotatable bonds is 3. The largest absolute Gasteiger partial charge is 0.459 e. The Morgan fingerprint density at radius 1 is 1.50 bits per heavy atom. The van der Waals surface area contributed by atoms with E-state index in [0.29, 0.717) is 17.9 Å². The Morgan fingerprint density at radius 3 is 3.00 bits per heavy atom. The fraction of sp³-hybridized carbons (Fsp3) is 0.500. The second-order valence-corrected chi connectivity index (χ2v) is 4.66. The van der Waals surface area contributed by atoms with Crippen molar-refractivity contribution in [2.75, 3.05) is 18.9 Å². The van der Waals surface area contributed by atoms with Crippen molar-refractivity contribution in [2.24, 2.45) is 0 Å². The van der Waals surface area contributed by atoms with Gasteiger partial charge in [0.15, 0.2) is 0 Å². The molecule has 18 heavy (non-hydrogen) atoms. The number of benzene rings is 1. The van der Waals surface area contributed by atoms with Gasteiger partial charge in [0.25, 0.3) is 0 Å². The van der Waals surface area contributed by atoms with Gasteiger partial charge in [-0.3, -0.25) is 0 Å². The minimum atomic E-state index is -0.313. The van der Waals surface area contributed by atoms with Crippen LogP contribution in [0.1, 0.15) is 35.2 Å². The monoisotopic (exact) mass is 249 g/mol. The Hall–Kier alpha value is -1.55. The Bertz CT molecular complexity index is 425. The lowest BCUT2D eigenvalue weighted by Gasteiger charge is -2.22. The fourth-order valence-corrected chi connectivity index (χ4v) is 1.99. The number of hydrogen-bond donors (Lipinski definition) is 1. The van der Waals surface area contributed by atoms with E-state index >= 15 is 0 Å². The number of anilines is 1. The molecular weight excluding hydrogens is 230 g/mol. The maximum atomic E-state index is 11.8. The van der Waals surface area contributed by atoms with Gasteiger partial charge < -0.3 is 15.2 Å². The Balaban J connectivity index is 1.88. The van der Waals surface area contributed by atoms with Gasteiger partial charge in [0.2, 0.25) is 0 Å². The number of carbonyl (C=O) groups is 1. The van der Waals surface area contributed by atoms with Crippen LogP contribution < -0.4 is 5.73 Å². The second kappa shape index (κ2) is 5.87. The van der Waals surface area contributed by atoms with Gasteiger partial charge in [-0.15, -0.1) is 0 Å². The molecule has 1 aromatic rings. The van der Waals surface area contributed by atoms with Crippen LogP contribution in [0.15, 0.2) is 18.2 Å². The molecule has 0 aromatic heterocycles. The van der Waals surface area contributed by atoms with Gasteiger partial charge in [0.1, 0.15) is 6.61 Å². The minimum Gasteiger partial charge on any atom is -0.459 e. The van der Waals surface area contributed by atoms with E-state index in [9.17, 15) is 4.79 Å². The lowest BCUT2D eigenvalue weighted by molar-refractivity contribution is -0.0300. The first-order valence-corrected chi connectivity index (χ1v) is 6.31. The zero-order valence-electron chi connectivity index (χ0n) is 10.6. The van der Waals surface area contributed by atoms with Gasteiger partial charge in [-0.25, -0.2) is 4.79 Å². The molecule has 2 N–H and O–H groups in total. The predicted molar refractivity (Wildman–Crippen MR) is 69.5 cm³/mol. The van der Waals surface area contributed by atoms with Gasteiger partial charge in [0.05, 0.1) is 11.7 Å². The van der Waals surface area contributed by atoms with Crippen molar-refractivity contribution in [3.05, 3.63) is 29.3 Å². The van der Waals surface area contributed by atoms with Crippen molar-refractivity contribution in [3.8, 4) is 0 Å². The highest BCUT2D eigenvalue weighted by atomic mass is 16.6. The summed E-state index contributed by atoms with van der Waals surface area (Å²) in [7, 11) is 0. The highest BCUT2D eigenvalue weighted by Crippen LogP contribution is 2.16. The molecule has 0 saturated carbocycles. The minimum absolute atomic E-state index is 0.0533. The molecular formula is C14H19NO3. The van der Waals surface area contributed by atoms with Crippen molar-refractivity contribution in [2.45, 2.75) is 32.3 Å². The Kier molecular flexibility index (Phi) is 4.20. The van der Waals surface area contributed by atoms with Crippen LogP contribution >= 0.6 is 0 Å². The third-order valence-electron chi connectivity index (χ3n) is 3.18. The Labute approximate surface area is 107 Å². The first-order chi connectivity index (χ1) is 8.66. The average Bonchev–Trinajstić information content (AvgIpc) is 2.40. The van der Waals surface area contributed by atoms with Crippen molar-refractivity contribution < 1.29 is 14.3 Å². The zero-order valence-corrected chi connectivity index (χ0v) is 10.6. The highest BCUT2D eigenvalue weighted by Gasteiger charge is 2.16. The topological polar surface area (TPSA) is 61.5 Å². The van der Waals surface area contributed by atoms with E-state index in [0.717, 1.165) is 31.4 Å². The van der Waals surface area contributed by atoms with Crippen LogP contribution in [0, 0.1) is 6.92 Å². The number of carbonyl (C=O) groups excluding carboxylic acids is 1. The lowest BCUT2D eigenvalue weighted by atomic mass is 10.1. The summed E-state index contributed by atoms with van der Waals surface area (Å²) in [5.74, 6) is -0.313.